The molecule has 3 rings (SSSR count). The van der Waals surface area contributed by atoms with Gasteiger partial charge in [-0.05, 0) is 32.8 Å². The van der Waals surface area contributed by atoms with Gasteiger partial charge in [-0.15, -0.1) is 5.06 Å². The van der Waals surface area contributed by atoms with Crippen LogP contribution in [-0.2, 0) is 17.0 Å². The number of hydrogen-bond acceptors (Lipinski definition) is 4. The van der Waals surface area contributed by atoms with E-state index in [4.69, 9.17) is 4.84 Å². The molecule has 2 aliphatic heterocycles. The maximum Gasteiger partial charge on any atom is 0.269 e. The maximum atomic E-state index is 10.8. The second-order valence-corrected chi connectivity index (χ2v) is 5.46. The molecular weight excluding hydrogens is 220 g/mol. The Kier molecular flexibility index (Phi) is 1.80. The first kappa shape index (κ1) is 10.7. The van der Waals surface area contributed by atoms with E-state index in [1.54, 1.807) is 12.1 Å². The monoisotopic (exact) mass is 234 g/mol. The summed E-state index contributed by atoms with van der Waals surface area (Å²) in [5.74, 6) is 0. The lowest BCUT2D eigenvalue weighted by Gasteiger charge is -2.31. The molecule has 0 N–H and O–H groups in total. The molecule has 90 valence electrons. The van der Waals surface area contributed by atoms with Crippen LogP contribution in [-0.4, -0.2) is 15.5 Å². The van der Waals surface area contributed by atoms with Crippen molar-refractivity contribution in [3.8, 4) is 0 Å². The second kappa shape index (κ2) is 2.86. The molecule has 2 heterocycles. The van der Waals surface area contributed by atoms with Crippen LogP contribution < -0.4 is 0 Å². The van der Waals surface area contributed by atoms with Gasteiger partial charge in [-0.3, -0.25) is 15.0 Å². The summed E-state index contributed by atoms with van der Waals surface area (Å²) < 4.78 is 0. The second-order valence-electron chi connectivity index (χ2n) is 5.46. The number of hydrogen-bond donors (Lipinski definition) is 0. The smallest absolute Gasteiger partial charge is 0.266 e. The number of nitrogens with zero attached hydrogens (tertiary/aromatic N) is 2. The van der Waals surface area contributed by atoms with E-state index in [2.05, 4.69) is 13.8 Å². The largest absolute Gasteiger partial charge is 0.269 e. The van der Waals surface area contributed by atoms with Crippen LogP contribution in [0.2, 0.25) is 0 Å². The number of rotatable bonds is 1. The zero-order chi connectivity index (χ0) is 12.4. The minimum atomic E-state index is -0.483. The van der Waals surface area contributed by atoms with Crippen LogP contribution in [0.3, 0.4) is 0 Å². The fraction of sp³-hybridized carbons (Fsp3) is 0.500. The molecular formula is C12H14N2O3. The van der Waals surface area contributed by atoms with Crippen LogP contribution in [0.5, 0.6) is 0 Å². The molecule has 1 fully saturated rings. The van der Waals surface area contributed by atoms with Gasteiger partial charge in [0.05, 0.1) is 4.92 Å². The molecule has 0 aliphatic carbocycles. The number of nitro benzene ring substituents is 1. The number of fused-ring (bicyclic) bond motifs is 3. The quantitative estimate of drug-likeness (QED) is 0.425. The van der Waals surface area contributed by atoms with Crippen molar-refractivity contribution in [3.05, 3.63) is 39.4 Å². The first-order chi connectivity index (χ1) is 7.84. The average molecular weight is 234 g/mol. The Hall–Kier alpha value is -1.46. The number of non-ortho nitro benzene ring substituents is 1. The summed E-state index contributed by atoms with van der Waals surface area (Å²) >= 11 is 0. The molecule has 0 amide bonds. The predicted octanol–water partition coefficient (Wildman–Crippen LogP) is 2.35. The molecule has 1 aromatic carbocycles. The SMILES string of the molecule is CC1(C)Cc2ccc([N+](=O)[O-])cc2C2(C)ON12. The summed E-state index contributed by atoms with van der Waals surface area (Å²) in [6.45, 7) is 6.18. The van der Waals surface area contributed by atoms with Crippen LogP contribution in [0.4, 0.5) is 5.69 Å². The summed E-state index contributed by atoms with van der Waals surface area (Å²) in [6.07, 6.45) is 0.843. The molecule has 0 spiro atoms. The van der Waals surface area contributed by atoms with Crippen molar-refractivity contribution in [2.24, 2.45) is 0 Å². The third-order valence-electron chi connectivity index (χ3n) is 3.60. The van der Waals surface area contributed by atoms with E-state index < -0.39 is 5.72 Å². The summed E-state index contributed by atoms with van der Waals surface area (Å²) in [5, 5.41) is 12.7. The number of hydroxylamine groups is 2. The lowest BCUT2D eigenvalue weighted by Crippen LogP contribution is -2.40. The third kappa shape index (κ3) is 1.33. The summed E-state index contributed by atoms with van der Waals surface area (Å²) in [5.41, 5.74) is 1.64. The molecule has 1 saturated heterocycles. The molecule has 2 aliphatic rings. The van der Waals surface area contributed by atoms with Gasteiger partial charge < -0.3 is 0 Å². The predicted molar refractivity (Wildman–Crippen MR) is 61.2 cm³/mol. The molecule has 17 heavy (non-hydrogen) atoms. The van der Waals surface area contributed by atoms with Crippen LogP contribution in [0, 0.1) is 10.1 Å². The molecule has 0 radical (unpaired) electrons. The van der Waals surface area contributed by atoms with Crippen molar-refractivity contribution in [2.75, 3.05) is 0 Å². The van der Waals surface area contributed by atoms with Gasteiger partial charge in [-0.2, -0.15) is 0 Å². The van der Waals surface area contributed by atoms with E-state index in [0.717, 1.165) is 17.5 Å². The normalized spacial score (nSPS) is 32.5. The Morgan fingerprint density at radius 3 is 2.76 bits per heavy atom. The van der Waals surface area contributed by atoms with Crippen LogP contribution >= 0.6 is 0 Å². The van der Waals surface area contributed by atoms with Gasteiger partial charge in [0.2, 0.25) is 0 Å². The third-order valence-corrected chi connectivity index (χ3v) is 3.60. The van der Waals surface area contributed by atoms with Crippen molar-refractivity contribution in [1.29, 1.82) is 0 Å². The highest BCUT2D eigenvalue weighted by Gasteiger charge is 2.62. The van der Waals surface area contributed by atoms with Gasteiger partial charge in [-0.25, -0.2) is 0 Å². The van der Waals surface area contributed by atoms with Crippen LogP contribution in [0.25, 0.3) is 0 Å². The standard InChI is InChI=1S/C12H14N2O3/c1-11(2)7-8-4-5-9(13(15)16)6-10(8)12(3)14(11)17-12/h4-6H,7H2,1-3H3. The van der Waals surface area contributed by atoms with E-state index in [-0.39, 0.29) is 16.1 Å². The minimum absolute atomic E-state index is 0.0577. The fourth-order valence-electron chi connectivity index (χ4n) is 2.82. The van der Waals surface area contributed by atoms with Crippen molar-refractivity contribution in [1.82, 2.24) is 5.06 Å². The Morgan fingerprint density at radius 2 is 2.12 bits per heavy atom. The average Bonchev–Trinajstić information content (AvgIpc) is 2.92. The van der Waals surface area contributed by atoms with E-state index in [1.165, 1.54) is 0 Å². The lowest BCUT2D eigenvalue weighted by atomic mass is 9.84. The molecule has 0 saturated carbocycles. The van der Waals surface area contributed by atoms with E-state index in [9.17, 15) is 10.1 Å². The Bertz CT molecular complexity index is 526. The Balaban J connectivity index is 2.14. The lowest BCUT2D eigenvalue weighted by molar-refractivity contribution is -0.385. The highest BCUT2D eigenvalue weighted by Crippen LogP contribution is 2.55. The Labute approximate surface area is 99.1 Å². The maximum absolute atomic E-state index is 10.8. The summed E-state index contributed by atoms with van der Waals surface area (Å²) in [6, 6.07) is 5.04. The molecule has 0 bridgehead atoms. The van der Waals surface area contributed by atoms with Crippen LogP contribution in [0.1, 0.15) is 31.9 Å². The van der Waals surface area contributed by atoms with Crippen LogP contribution in [0.15, 0.2) is 18.2 Å². The van der Waals surface area contributed by atoms with Gasteiger partial charge in [-0.1, -0.05) is 6.07 Å². The minimum Gasteiger partial charge on any atom is -0.266 e. The van der Waals surface area contributed by atoms with Crippen molar-refractivity contribution in [3.63, 3.8) is 0 Å². The first-order valence-electron chi connectivity index (χ1n) is 5.62. The highest BCUT2D eigenvalue weighted by atomic mass is 16.9. The zero-order valence-electron chi connectivity index (χ0n) is 10.1. The molecule has 5 nitrogen and oxygen atoms in total. The summed E-state index contributed by atoms with van der Waals surface area (Å²) in [4.78, 5) is 16.1. The van der Waals surface area contributed by atoms with Crippen molar-refractivity contribution >= 4 is 5.69 Å². The van der Waals surface area contributed by atoms with Gasteiger partial charge >= 0.3 is 0 Å². The van der Waals surface area contributed by atoms with Crippen molar-refractivity contribution < 1.29 is 9.76 Å². The number of benzene rings is 1. The number of nitro groups is 1. The van der Waals surface area contributed by atoms with E-state index in [0.29, 0.717) is 0 Å². The first-order valence-corrected chi connectivity index (χ1v) is 5.62. The summed E-state index contributed by atoms with van der Waals surface area (Å²) in [7, 11) is 0. The zero-order valence-corrected chi connectivity index (χ0v) is 10.1. The highest BCUT2D eigenvalue weighted by molar-refractivity contribution is 5.46. The van der Waals surface area contributed by atoms with Gasteiger partial charge in [0.15, 0.2) is 5.72 Å². The Morgan fingerprint density at radius 1 is 1.41 bits per heavy atom. The molecule has 2 unspecified atom stereocenters. The molecule has 1 aromatic rings. The van der Waals surface area contributed by atoms with Gasteiger partial charge in [0.1, 0.15) is 0 Å². The van der Waals surface area contributed by atoms with E-state index in [1.807, 2.05) is 18.1 Å². The van der Waals surface area contributed by atoms with Gasteiger partial charge in [0, 0.05) is 23.2 Å². The van der Waals surface area contributed by atoms with Gasteiger partial charge in [0.25, 0.3) is 5.69 Å². The van der Waals surface area contributed by atoms with E-state index >= 15 is 0 Å². The fourth-order valence-corrected chi connectivity index (χ4v) is 2.82. The van der Waals surface area contributed by atoms with Crippen molar-refractivity contribution in [2.45, 2.75) is 38.5 Å². The molecule has 5 heteroatoms. The topological polar surface area (TPSA) is 58.7 Å². The molecule has 0 aromatic heterocycles. The molecule has 2 atom stereocenters.